The van der Waals surface area contributed by atoms with E-state index in [1.807, 2.05) is 19.9 Å². The molecule has 29 heavy (non-hydrogen) atoms. The largest absolute Gasteiger partial charge is 0.502 e. The van der Waals surface area contributed by atoms with Crippen LogP contribution >= 0.6 is 0 Å². The van der Waals surface area contributed by atoms with Crippen LogP contribution in [0.25, 0.3) is 11.1 Å². The van der Waals surface area contributed by atoms with E-state index in [9.17, 15) is 10.2 Å². The van der Waals surface area contributed by atoms with Gasteiger partial charge in [0.1, 0.15) is 0 Å². The molecule has 2 N–H and O–H groups in total. The van der Waals surface area contributed by atoms with Gasteiger partial charge in [0.05, 0.1) is 26.9 Å². The van der Waals surface area contributed by atoms with Crippen LogP contribution in [0.3, 0.4) is 0 Å². The van der Waals surface area contributed by atoms with E-state index in [1.54, 1.807) is 13.2 Å². The summed E-state index contributed by atoms with van der Waals surface area (Å²) in [6.07, 6.45) is 0.943. The first-order valence-electron chi connectivity index (χ1n) is 9.51. The minimum absolute atomic E-state index is 0.0507. The summed E-state index contributed by atoms with van der Waals surface area (Å²) in [5.74, 6) is 2.04. The van der Waals surface area contributed by atoms with E-state index < -0.39 is 5.60 Å². The number of aliphatic hydroxyl groups is 1. The Morgan fingerprint density at radius 2 is 1.69 bits per heavy atom. The fourth-order valence-electron chi connectivity index (χ4n) is 4.25. The molecule has 1 heterocycles. The zero-order valence-electron chi connectivity index (χ0n) is 17.3. The number of rotatable bonds is 3. The highest BCUT2D eigenvalue weighted by atomic mass is 16.7. The van der Waals surface area contributed by atoms with Crippen LogP contribution in [0.4, 0.5) is 0 Å². The second-order valence-electron chi connectivity index (χ2n) is 7.81. The molecule has 1 aliphatic heterocycles. The summed E-state index contributed by atoms with van der Waals surface area (Å²) in [5.41, 5.74) is 2.14. The lowest BCUT2D eigenvalue weighted by atomic mass is 9.75. The van der Waals surface area contributed by atoms with E-state index in [4.69, 9.17) is 23.7 Å². The quantitative estimate of drug-likeness (QED) is 0.815. The van der Waals surface area contributed by atoms with Crippen molar-refractivity contribution in [2.24, 2.45) is 5.92 Å². The zero-order chi connectivity index (χ0) is 20.9. The Morgan fingerprint density at radius 1 is 1.00 bits per heavy atom. The molecule has 0 saturated carbocycles. The first-order valence-corrected chi connectivity index (χ1v) is 9.51. The summed E-state index contributed by atoms with van der Waals surface area (Å²) in [4.78, 5) is 0. The molecule has 156 valence electrons. The number of hydrogen-bond donors (Lipinski definition) is 2. The van der Waals surface area contributed by atoms with E-state index in [0.29, 0.717) is 35.7 Å². The molecular formula is C22H26O7. The van der Waals surface area contributed by atoms with Crippen LogP contribution in [0.2, 0.25) is 0 Å². The van der Waals surface area contributed by atoms with Gasteiger partial charge in [-0.15, -0.1) is 0 Å². The van der Waals surface area contributed by atoms with E-state index in [1.165, 1.54) is 14.2 Å². The minimum atomic E-state index is -0.983. The van der Waals surface area contributed by atoms with Gasteiger partial charge in [0, 0.05) is 17.5 Å². The van der Waals surface area contributed by atoms with Crippen molar-refractivity contribution in [2.75, 3.05) is 28.1 Å². The number of ether oxygens (including phenoxy) is 5. The maximum absolute atomic E-state index is 11.2. The summed E-state index contributed by atoms with van der Waals surface area (Å²) in [6, 6.07) is 3.66. The molecule has 0 unspecified atom stereocenters. The molecule has 0 saturated heterocycles. The molecule has 2 atom stereocenters. The van der Waals surface area contributed by atoms with Crippen molar-refractivity contribution >= 4 is 0 Å². The van der Waals surface area contributed by atoms with Crippen molar-refractivity contribution in [3.8, 4) is 45.6 Å². The maximum atomic E-state index is 11.2. The highest BCUT2D eigenvalue weighted by Crippen LogP contribution is 2.56. The smallest absolute Gasteiger partial charge is 0.231 e. The number of methoxy groups -OCH3 is 3. The Morgan fingerprint density at radius 3 is 2.34 bits per heavy atom. The molecule has 4 rings (SSSR count). The maximum Gasteiger partial charge on any atom is 0.231 e. The Hall–Kier alpha value is -2.80. The Labute approximate surface area is 169 Å². The van der Waals surface area contributed by atoms with Gasteiger partial charge in [0.25, 0.3) is 0 Å². The van der Waals surface area contributed by atoms with E-state index in [0.717, 1.165) is 16.7 Å². The first kappa shape index (κ1) is 19.5. The van der Waals surface area contributed by atoms with Crippen LogP contribution in [-0.2, 0) is 12.8 Å². The third kappa shape index (κ3) is 2.92. The average Bonchev–Trinajstić information content (AvgIpc) is 3.15. The van der Waals surface area contributed by atoms with Crippen LogP contribution < -0.4 is 23.7 Å². The Balaban J connectivity index is 2.13. The lowest BCUT2D eigenvalue weighted by molar-refractivity contribution is 0.00629. The van der Waals surface area contributed by atoms with Crippen LogP contribution in [-0.4, -0.2) is 43.9 Å². The van der Waals surface area contributed by atoms with Crippen molar-refractivity contribution in [3.63, 3.8) is 0 Å². The Kier molecular flexibility index (Phi) is 4.65. The molecular weight excluding hydrogens is 376 g/mol. The summed E-state index contributed by atoms with van der Waals surface area (Å²) in [5, 5.41) is 22.0. The zero-order valence-corrected chi connectivity index (χ0v) is 17.3. The van der Waals surface area contributed by atoms with Crippen molar-refractivity contribution in [1.29, 1.82) is 0 Å². The van der Waals surface area contributed by atoms with Crippen LogP contribution in [0.5, 0.6) is 34.5 Å². The molecule has 0 aromatic heterocycles. The highest BCUT2D eigenvalue weighted by molar-refractivity contribution is 5.88. The molecule has 0 amide bonds. The number of phenols is 1. The average molecular weight is 402 g/mol. The monoisotopic (exact) mass is 402 g/mol. The number of hydrogen-bond acceptors (Lipinski definition) is 7. The van der Waals surface area contributed by atoms with Gasteiger partial charge in [-0.3, -0.25) is 0 Å². The van der Waals surface area contributed by atoms with Crippen LogP contribution in [0.15, 0.2) is 12.1 Å². The number of benzene rings is 2. The fraction of sp³-hybridized carbons (Fsp3) is 0.455. The number of aromatic hydroxyl groups is 1. The summed E-state index contributed by atoms with van der Waals surface area (Å²) in [7, 11) is 4.55. The standard InChI is InChI=1S/C22H26O7/c1-11-6-12-7-15-19(29-10-28-15)21(27-5)16(12)17-13(9-22(11,2)24)8-14(25-3)18(23)20(17)26-4/h7-8,11,23-24H,6,9-10H2,1-5H3/t11-,22-/m0/s1. The van der Waals surface area contributed by atoms with E-state index in [2.05, 4.69) is 0 Å². The number of fused-ring (bicyclic) bond motifs is 4. The van der Waals surface area contributed by atoms with Crippen LogP contribution in [0.1, 0.15) is 25.0 Å². The lowest BCUT2D eigenvalue weighted by Gasteiger charge is -2.35. The molecule has 2 aromatic rings. The van der Waals surface area contributed by atoms with Crippen molar-refractivity contribution in [2.45, 2.75) is 32.3 Å². The lowest BCUT2D eigenvalue weighted by Crippen LogP contribution is -2.37. The molecule has 0 radical (unpaired) electrons. The van der Waals surface area contributed by atoms with Gasteiger partial charge in [-0.1, -0.05) is 6.92 Å². The van der Waals surface area contributed by atoms with E-state index >= 15 is 0 Å². The van der Waals surface area contributed by atoms with Gasteiger partial charge in [-0.2, -0.15) is 0 Å². The van der Waals surface area contributed by atoms with Gasteiger partial charge in [0.15, 0.2) is 23.0 Å². The van der Waals surface area contributed by atoms with Gasteiger partial charge in [-0.25, -0.2) is 0 Å². The Bertz CT molecular complexity index is 965. The normalized spacial score (nSPS) is 22.2. The molecule has 0 spiro atoms. The first-order chi connectivity index (χ1) is 13.8. The van der Waals surface area contributed by atoms with Gasteiger partial charge >= 0.3 is 0 Å². The molecule has 2 aliphatic rings. The summed E-state index contributed by atoms with van der Waals surface area (Å²) >= 11 is 0. The SMILES string of the molecule is COc1cc2c(c(OC)c1O)-c1c(cc3c(c1OC)OCO3)C[C@H](C)[C@@](C)(O)C2. The molecule has 1 aliphatic carbocycles. The van der Waals surface area contributed by atoms with Gasteiger partial charge in [-0.05, 0) is 42.5 Å². The molecule has 0 fully saturated rings. The fourth-order valence-corrected chi connectivity index (χ4v) is 4.25. The molecule has 7 heteroatoms. The van der Waals surface area contributed by atoms with Gasteiger partial charge in [0.2, 0.25) is 18.3 Å². The van der Waals surface area contributed by atoms with Crippen molar-refractivity contribution in [1.82, 2.24) is 0 Å². The molecule has 0 bridgehead atoms. The second-order valence-corrected chi connectivity index (χ2v) is 7.81. The predicted octanol–water partition coefficient (Wildman–Crippen LogP) is 3.30. The third-order valence-corrected chi connectivity index (χ3v) is 6.02. The second kappa shape index (κ2) is 6.91. The highest BCUT2D eigenvalue weighted by Gasteiger charge is 2.38. The molecule has 7 nitrogen and oxygen atoms in total. The van der Waals surface area contributed by atoms with Crippen molar-refractivity contribution in [3.05, 3.63) is 23.3 Å². The van der Waals surface area contributed by atoms with Crippen molar-refractivity contribution < 1.29 is 33.9 Å². The third-order valence-electron chi connectivity index (χ3n) is 6.02. The minimum Gasteiger partial charge on any atom is -0.502 e. The topological polar surface area (TPSA) is 86.6 Å². The van der Waals surface area contributed by atoms with E-state index in [-0.39, 0.29) is 30.0 Å². The van der Waals surface area contributed by atoms with Crippen LogP contribution in [0, 0.1) is 5.92 Å². The summed E-state index contributed by atoms with van der Waals surface area (Å²) < 4.78 is 28.0. The summed E-state index contributed by atoms with van der Waals surface area (Å²) in [6.45, 7) is 3.95. The van der Waals surface area contributed by atoms with Gasteiger partial charge < -0.3 is 33.9 Å². The molecule has 2 aromatic carbocycles. The number of phenolic OH excluding ortho intramolecular Hbond substituents is 1. The predicted molar refractivity (Wildman–Crippen MR) is 107 cm³/mol.